The lowest BCUT2D eigenvalue weighted by atomic mass is 10.4. The molecule has 0 atom stereocenters. The normalized spacial score (nSPS) is 10.5. The Balaban J connectivity index is 2.34. The van der Waals surface area contributed by atoms with Gasteiger partial charge < -0.3 is 14.5 Å². The summed E-state index contributed by atoms with van der Waals surface area (Å²) >= 11 is 3.14. The average molecular weight is 302 g/mol. The van der Waals surface area contributed by atoms with Crippen LogP contribution in [0.2, 0.25) is 0 Å². The third kappa shape index (κ3) is 5.35. The summed E-state index contributed by atoms with van der Waals surface area (Å²) in [6.45, 7) is 2.01. The second-order valence-corrected chi connectivity index (χ2v) is 3.82. The van der Waals surface area contributed by atoms with E-state index in [2.05, 4.69) is 21.2 Å². The fourth-order valence-electron chi connectivity index (χ4n) is 1.00. The van der Waals surface area contributed by atoms with Crippen molar-refractivity contribution in [2.24, 2.45) is 0 Å². The SMILES string of the molecule is CCNC(=O)COC(=O)C=Cc1ccc(Br)o1. The van der Waals surface area contributed by atoms with Crippen LogP contribution >= 0.6 is 15.9 Å². The van der Waals surface area contributed by atoms with E-state index in [1.807, 2.05) is 0 Å². The highest BCUT2D eigenvalue weighted by Crippen LogP contribution is 2.14. The highest BCUT2D eigenvalue weighted by molar-refractivity contribution is 9.10. The first kappa shape index (κ1) is 13.5. The predicted octanol–water partition coefficient (Wildman–Crippen LogP) is 1.73. The lowest BCUT2D eigenvalue weighted by Gasteiger charge is -2.01. The van der Waals surface area contributed by atoms with E-state index in [1.54, 1.807) is 19.1 Å². The number of amides is 1. The molecule has 0 spiro atoms. The molecule has 17 heavy (non-hydrogen) atoms. The first-order valence-corrected chi connectivity index (χ1v) is 5.78. The van der Waals surface area contributed by atoms with Gasteiger partial charge >= 0.3 is 5.97 Å². The van der Waals surface area contributed by atoms with Crippen molar-refractivity contribution in [3.63, 3.8) is 0 Å². The molecule has 5 nitrogen and oxygen atoms in total. The van der Waals surface area contributed by atoms with E-state index in [9.17, 15) is 9.59 Å². The van der Waals surface area contributed by atoms with Crippen molar-refractivity contribution in [2.45, 2.75) is 6.92 Å². The zero-order valence-electron chi connectivity index (χ0n) is 9.23. The number of rotatable bonds is 5. The van der Waals surface area contributed by atoms with Crippen molar-refractivity contribution in [3.8, 4) is 0 Å². The summed E-state index contributed by atoms with van der Waals surface area (Å²) in [7, 11) is 0. The molecular weight excluding hydrogens is 290 g/mol. The van der Waals surface area contributed by atoms with E-state index in [1.165, 1.54) is 12.2 Å². The molecule has 0 unspecified atom stereocenters. The van der Waals surface area contributed by atoms with Crippen LogP contribution in [-0.2, 0) is 14.3 Å². The van der Waals surface area contributed by atoms with Gasteiger partial charge in [-0.1, -0.05) is 0 Å². The fourth-order valence-corrected chi connectivity index (χ4v) is 1.32. The highest BCUT2D eigenvalue weighted by Gasteiger charge is 2.03. The Morgan fingerprint density at radius 3 is 2.88 bits per heavy atom. The molecule has 0 aliphatic heterocycles. The van der Waals surface area contributed by atoms with Crippen LogP contribution in [0, 0.1) is 0 Å². The standard InChI is InChI=1S/C11H12BrNO4/c1-2-13-10(14)7-16-11(15)6-4-8-3-5-9(12)17-8/h3-6H,2,7H2,1H3,(H,13,14). The average Bonchev–Trinajstić information content (AvgIpc) is 2.70. The minimum atomic E-state index is -0.594. The Kier molecular flexibility index (Phi) is 5.48. The second kappa shape index (κ2) is 6.90. The predicted molar refractivity (Wildman–Crippen MR) is 65.1 cm³/mol. The maximum atomic E-state index is 11.2. The summed E-state index contributed by atoms with van der Waals surface area (Å²) < 4.78 is 10.4. The molecule has 0 aliphatic carbocycles. The van der Waals surface area contributed by atoms with Gasteiger partial charge in [-0.2, -0.15) is 0 Å². The van der Waals surface area contributed by atoms with Crippen molar-refractivity contribution in [1.82, 2.24) is 5.32 Å². The van der Waals surface area contributed by atoms with Gasteiger partial charge in [0.1, 0.15) is 5.76 Å². The molecular formula is C11H12BrNO4. The minimum Gasteiger partial charge on any atom is -0.452 e. The van der Waals surface area contributed by atoms with E-state index in [0.29, 0.717) is 17.0 Å². The lowest BCUT2D eigenvalue weighted by molar-refractivity contribution is -0.143. The molecule has 1 N–H and O–H groups in total. The van der Waals surface area contributed by atoms with Crippen LogP contribution in [0.25, 0.3) is 6.08 Å². The molecule has 1 heterocycles. The summed E-state index contributed by atoms with van der Waals surface area (Å²) in [4.78, 5) is 22.2. The fraction of sp³-hybridized carbons (Fsp3) is 0.273. The Morgan fingerprint density at radius 2 is 2.29 bits per heavy atom. The molecule has 0 radical (unpaired) electrons. The molecule has 0 aromatic carbocycles. The number of nitrogens with one attached hydrogen (secondary N) is 1. The molecule has 1 rings (SSSR count). The van der Waals surface area contributed by atoms with Crippen molar-refractivity contribution < 1.29 is 18.7 Å². The molecule has 1 aromatic rings. The van der Waals surface area contributed by atoms with Crippen molar-refractivity contribution in [3.05, 3.63) is 28.6 Å². The van der Waals surface area contributed by atoms with Gasteiger partial charge in [0.05, 0.1) is 0 Å². The Labute approximate surface area is 107 Å². The van der Waals surface area contributed by atoms with Gasteiger partial charge in [-0.25, -0.2) is 4.79 Å². The van der Waals surface area contributed by atoms with Gasteiger partial charge in [-0.15, -0.1) is 0 Å². The summed E-state index contributed by atoms with van der Waals surface area (Å²) in [5, 5.41) is 2.51. The molecule has 92 valence electrons. The van der Waals surface area contributed by atoms with E-state index in [-0.39, 0.29) is 12.5 Å². The van der Waals surface area contributed by atoms with Crippen LogP contribution < -0.4 is 5.32 Å². The molecule has 0 aliphatic rings. The van der Waals surface area contributed by atoms with Gasteiger partial charge in [0.15, 0.2) is 11.3 Å². The molecule has 1 aromatic heterocycles. The number of furan rings is 1. The van der Waals surface area contributed by atoms with Crippen LogP contribution in [0.5, 0.6) is 0 Å². The van der Waals surface area contributed by atoms with E-state index >= 15 is 0 Å². The summed E-state index contributed by atoms with van der Waals surface area (Å²) in [5.41, 5.74) is 0. The minimum absolute atomic E-state index is 0.279. The zero-order valence-corrected chi connectivity index (χ0v) is 10.8. The summed E-state index contributed by atoms with van der Waals surface area (Å²) in [6.07, 6.45) is 2.66. The largest absolute Gasteiger partial charge is 0.452 e. The van der Waals surface area contributed by atoms with Gasteiger partial charge in [0, 0.05) is 12.6 Å². The zero-order chi connectivity index (χ0) is 12.7. The number of likely N-dealkylation sites (N-methyl/N-ethyl adjacent to an activating group) is 1. The number of hydrogen-bond donors (Lipinski definition) is 1. The van der Waals surface area contributed by atoms with Crippen LogP contribution in [0.15, 0.2) is 27.3 Å². The molecule has 0 fully saturated rings. The first-order chi connectivity index (χ1) is 8.11. The number of halogens is 1. The Morgan fingerprint density at radius 1 is 1.53 bits per heavy atom. The Bertz CT molecular complexity index is 425. The molecule has 0 saturated carbocycles. The maximum absolute atomic E-state index is 11.2. The second-order valence-electron chi connectivity index (χ2n) is 3.04. The van der Waals surface area contributed by atoms with Crippen LogP contribution in [0.3, 0.4) is 0 Å². The van der Waals surface area contributed by atoms with Crippen LogP contribution in [-0.4, -0.2) is 25.0 Å². The number of ether oxygens (including phenoxy) is 1. The molecule has 0 bridgehead atoms. The summed E-state index contributed by atoms with van der Waals surface area (Å²) in [6, 6.07) is 3.40. The number of carbonyl (C=O) groups is 2. The summed E-state index contributed by atoms with van der Waals surface area (Å²) in [5.74, 6) is -0.398. The van der Waals surface area contributed by atoms with Gasteiger partial charge in [-0.05, 0) is 41.1 Å². The lowest BCUT2D eigenvalue weighted by Crippen LogP contribution is -2.28. The van der Waals surface area contributed by atoms with Crippen LogP contribution in [0.1, 0.15) is 12.7 Å². The molecule has 0 saturated heterocycles. The van der Waals surface area contributed by atoms with Crippen molar-refractivity contribution in [1.29, 1.82) is 0 Å². The van der Waals surface area contributed by atoms with Gasteiger partial charge in [0.2, 0.25) is 0 Å². The van der Waals surface area contributed by atoms with Crippen LogP contribution in [0.4, 0.5) is 0 Å². The van der Waals surface area contributed by atoms with Crippen molar-refractivity contribution >= 4 is 33.9 Å². The smallest absolute Gasteiger partial charge is 0.331 e. The third-order valence-corrected chi connectivity index (χ3v) is 2.12. The topological polar surface area (TPSA) is 68.5 Å². The maximum Gasteiger partial charge on any atom is 0.331 e. The number of esters is 1. The van der Waals surface area contributed by atoms with E-state index in [4.69, 9.17) is 9.15 Å². The van der Waals surface area contributed by atoms with E-state index in [0.717, 1.165) is 0 Å². The molecule has 6 heteroatoms. The first-order valence-electron chi connectivity index (χ1n) is 4.98. The van der Waals surface area contributed by atoms with E-state index < -0.39 is 5.97 Å². The highest BCUT2D eigenvalue weighted by atomic mass is 79.9. The van der Waals surface area contributed by atoms with Gasteiger partial charge in [-0.3, -0.25) is 4.79 Å². The Hall–Kier alpha value is -1.56. The quantitative estimate of drug-likeness (QED) is 0.664. The van der Waals surface area contributed by atoms with Gasteiger partial charge in [0.25, 0.3) is 5.91 Å². The number of carbonyl (C=O) groups excluding carboxylic acids is 2. The molecule has 1 amide bonds. The van der Waals surface area contributed by atoms with Crippen molar-refractivity contribution in [2.75, 3.05) is 13.2 Å². The monoisotopic (exact) mass is 301 g/mol. The third-order valence-electron chi connectivity index (χ3n) is 1.70. The number of hydrogen-bond acceptors (Lipinski definition) is 4.